The smallest absolute Gasteiger partial charge is 0.248 e. The van der Waals surface area contributed by atoms with Gasteiger partial charge in [-0.05, 0) is 31.0 Å². The van der Waals surface area contributed by atoms with Crippen molar-refractivity contribution in [3.63, 3.8) is 0 Å². The van der Waals surface area contributed by atoms with E-state index in [4.69, 9.17) is 10.5 Å². The lowest BCUT2D eigenvalue weighted by atomic mass is 10.00. The molecule has 5 nitrogen and oxygen atoms in total. The van der Waals surface area contributed by atoms with Gasteiger partial charge in [0.25, 0.3) is 0 Å². The molecule has 0 amide bonds. The number of carbonyl (C=O) groups is 1. The fraction of sp³-hybridized carbons (Fsp3) is 0.375. The molecule has 1 aromatic carbocycles. The van der Waals surface area contributed by atoms with E-state index < -0.39 is 6.04 Å². The summed E-state index contributed by atoms with van der Waals surface area (Å²) in [7, 11) is 0. The molecule has 1 unspecified atom stereocenters. The molecule has 3 rings (SSSR count). The summed E-state index contributed by atoms with van der Waals surface area (Å²) in [6.45, 7) is 3.65. The molecule has 0 saturated heterocycles. The first-order valence-corrected chi connectivity index (χ1v) is 7.06. The standard InChI is InChI=1S/C16H18N2O3.ClH/c1-8-5-10-6-11(7-13(19)9(2)17)21-16(10)12-3-4-14(20)18-15(8)12;/h3-5,9,11H,6-7,17H2,1-2H3,(H,18,20);1H/t9-,11?;/m1./s1. The zero-order chi connectivity index (χ0) is 15.1. The number of fused-ring (bicyclic) bond motifs is 3. The van der Waals surface area contributed by atoms with Gasteiger partial charge in [-0.25, -0.2) is 0 Å². The van der Waals surface area contributed by atoms with Crippen LogP contribution in [-0.4, -0.2) is 22.9 Å². The number of nitrogens with one attached hydrogen (secondary N) is 1. The number of benzene rings is 1. The molecule has 6 heteroatoms. The zero-order valence-electron chi connectivity index (χ0n) is 12.5. The number of aryl methyl sites for hydroxylation is 1. The number of Topliss-reactive ketones (excluding diaryl/α,β-unsaturated/α-hetero) is 1. The van der Waals surface area contributed by atoms with Crippen LogP contribution in [0.25, 0.3) is 10.9 Å². The van der Waals surface area contributed by atoms with Crippen LogP contribution in [-0.2, 0) is 11.2 Å². The lowest BCUT2D eigenvalue weighted by molar-refractivity contribution is -0.121. The number of hydrogen-bond donors (Lipinski definition) is 2. The topological polar surface area (TPSA) is 85.2 Å². The molecule has 1 aliphatic rings. The van der Waals surface area contributed by atoms with Gasteiger partial charge in [-0.3, -0.25) is 9.59 Å². The second kappa shape index (κ2) is 6.10. The van der Waals surface area contributed by atoms with Crippen LogP contribution in [0, 0.1) is 6.92 Å². The van der Waals surface area contributed by atoms with E-state index in [9.17, 15) is 9.59 Å². The number of hydrogen-bond acceptors (Lipinski definition) is 4. The van der Waals surface area contributed by atoms with Crippen LogP contribution in [0.2, 0.25) is 0 Å². The van der Waals surface area contributed by atoms with Crippen molar-refractivity contribution in [2.75, 3.05) is 0 Å². The van der Waals surface area contributed by atoms with E-state index in [0.717, 1.165) is 27.8 Å². The highest BCUT2D eigenvalue weighted by atomic mass is 35.5. The number of H-pyrrole nitrogens is 1. The monoisotopic (exact) mass is 322 g/mol. The maximum absolute atomic E-state index is 11.8. The lowest BCUT2D eigenvalue weighted by Gasteiger charge is -2.12. The van der Waals surface area contributed by atoms with Gasteiger partial charge in [0.1, 0.15) is 11.9 Å². The number of ketones is 1. The molecule has 0 aliphatic carbocycles. The van der Waals surface area contributed by atoms with Crippen LogP contribution in [0.3, 0.4) is 0 Å². The Morgan fingerprint density at radius 2 is 2.23 bits per heavy atom. The summed E-state index contributed by atoms with van der Waals surface area (Å²) in [5.41, 5.74) is 8.35. The maximum atomic E-state index is 11.8. The van der Waals surface area contributed by atoms with Crippen LogP contribution >= 0.6 is 12.4 Å². The minimum atomic E-state index is -0.466. The molecule has 3 N–H and O–H groups in total. The highest BCUT2D eigenvalue weighted by molar-refractivity contribution is 5.90. The number of halogens is 1. The Kier molecular flexibility index (Phi) is 4.58. The molecular weight excluding hydrogens is 304 g/mol. The minimum Gasteiger partial charge on any atom is -0.489 e. The van der Waals surface area contributed by atoms with Crippen molar-refractivity contribution in [3.8, 4) is 5.75 Å². The van der Waals surface area contributed by atoms with Crippen LogP contribution in [0.1, 0.15) is 24.5 Å². The minimum absolute atomic E-state index is 0. The van der Waals surface area contributed by atoms with Crippen LogP contribution in [0.5, 0.6) is 5.75 Å². The zero-order valence-corrected chi connectivity index (χ0v) is 13.3. The third-order valence-electron chi connectivity index (χ3n) is 3.91. The maximum Gasteiger partial charge on any atom is 0.248 e. The Labute approximate surface area is 134 Å². The molecule has 0 fully saturated rings. The van der Waals surface area contributed by atoms with Crippen LogP contribution in [0.15, 0.2) is 23.0 Å². The average molecular weight is 323 g/mol. The quantitative estimate of drug-likeness (QED) is 0.903. The first kappa shape index (κ1) is 16.5. The van der Waals surface area contributed by atoms with E-state index >= 15 is 0 Å². The van der Waals surface area contributed by atoms with E-state index in [1.54, 1.807) is 13.0 Å². The van der Waals surface area contributed by atoms with Crippen molar-refractivity contribution >= 4 is 29.1 Å². The SMILES string of the molecule is Cc1cc2c(c3ccc(=O)[nH]c13)OC(CC(=O)[C@@H](C)N)C2.Cl. The largest absolute Gasteiger partial charge is 0.489 e. The molecule has 0 bridgehead atoms. The van der Waals surface area contributed by atoms with Crippen molar-refractivity contribution < 1.29 is 9.53 Å². The summed E-state index contributed by atoms with van der Waals surface area (Å²) in [6.07, 6.45) is 0.843. The summed E-state index contributed by atoms with van der Waals surface area (Å²) < 4.78 is 5.94. The predicted octanol–water partition coefficient (Wildman–Crippen LogP) is 1.87. The average Bonchev–Trinajstić information content (AvgIpc) is 2.81. The fourth-order valence-corrected chi connectivity index (χ4v) is 2.82. The molecule has 118 valence electrons. The summed E-state index contributed by atoms with van der Waals surface area (Å²) in [5.74, 6) is 0.775. The van der Waals surface area contributed by atoms with Gasteiger partial charge in [0, 0.05) is 24.3 Å². The number of ether oxygens (including phenoxy) is 1. The summed E-state index contributed by atoms with van der Waals surface area (Å²) >= 11 is 0. The van der Waals surface area contributed by atoms with Gasteiger partial charge in [0.15, 0.2) is 5.78 Å². The molecule has 0 spiro atoms. The van der Waals surface area contributed by atoms with Crippen molar-refractivity contribution in [2.24, 2.45) is 5.73 Å². The van der Waals surface area contributed by atoms with Gasteiger partial charge >= 0.3 is 0 Å². The van der Waals surface area contributed by atoms with Gasteiger partial charge in [-0.15, -0.1) is 12.4 Å². The number of aromatic amines is 1. The molecule has 0 saturated carbocycles. The Morgan fingerprint density at radius 3 is 2.91 bits per heavy atom. The Morgan fingerprint density at radius 1 is 1.50 bits per heavy atom. The number of rotatable bonds is 3. The number of nitrogens with two attached hydrogens (primary N) is 1. The number of pyridine rings is 1. The molecule has 2 aromatic rings. The second-order valence-corrected chi connectivity index (χ2v) is 5.70. The predicted molar refractivity (Wildman–Crippen MR) is 87.9 cm³/mol. The third kappa shape index (κ3) is 2.87. The van der Waals surface area contributed by atoms with Gasteiger partial charge in [-0.2, -0.15) is 0 Å². The van der Waals surface area contributed by atoms with Crippen molar-refractivity contribution in [3.05, 3.63) is 39.7 Å². The molecular formula is C16H19ClN2O3. The molecule has 2 heterocycles. The van der Waals surface area contributed by atoms with Gasteiger partial charge in [-0.1, -0.05) is 6.07 Å². The van der Waals surface area contributed by atoms with E-state index in [2.05, 4.69) is 4.98 Å². The van der Waals surface area contributed by atoms with E-state index in [0.29, 0.717) is 12.8 Å². The fourth-order valence-electron chi connectivity index (χ4n) is 2.82. The van der Waals surface area contributed by atoms with Gasteiger partial charge in [0.05, 0.1) is 11.6 Å². The molecule has 1 aliphatic heterocycles. The highest BCUT2D eigenvalue weighted by Gasteiger charge is 2.28. The summed E-state index contributed by atoms with van der Waals surface area (Å²) in [4.78, 5) is 26.1. The second-order valence-electron chi connectivity index (χ2n) is 5.70. The Balaban J connectivity index is 0.00000176. The molecule has 1 aromatic heterocycles. The van der Waals surface area contributed by atoms with Crippen molar-refractivity contribution in [1.29, 1.82) is 0 Å². The van der Waals surface area contributed by atoms with Crippen LogP contribution in [0.4, 0.5) is 0 Å². The number of aromatic nitrogens is 1. The number of carbonyl (C=O) groups excluding carboxylic acids is 1. The first-order valence-electron chi connectivity index (χ1n) is 7.06. The highest BCUT2D eigenvalue weighted by Crippen LogP contribution is 2.37. The van der Waals surface area contributed by atoms with E-state index in [-0.39, 0.29) is 29.9 Å². The Hall–Kier alpha value is -1.85. The molecule has 0 radical (unpaired) electrons. The third-order valence-corrected chi connectivity index (χ3v) is 3.91. The normalized spacial score (nSPS) is 17.5. The van der Waals surface area contributed by atoms with Crippen molar-refractivity contribution in [1.82, 2.24) is 4.98 Å². The Bertz CT molecular complexity index is 783. The van der Waals surface area contributed by atoms with Crippen LogP contribution < -0.4 is 16.0 Å². The lowest BCUT2D eigenvalue weighted by Crippen LogP contribution is -2.31. The molecule has 22 heavy (non-hydrogen) atoms. The summed E-state index contributed by atoms with van der Waals surface area (Å²) in [6, 6.07) is 4.82. The van der Waals surface area contributed by atoms with Gasteiger partial charge < -0.3 is 15.5 Å². The first-order chi connectivity index (χ1) is 9.95. The van der Waals surface area contributed by atoms with E-state index in [1.165, 1.54) is 6.07 Å². The van der Waals surface area contributed by atoms with Gasteiger partial charge in [0.2, 0.25) is 5.56 Å². The molecule has 2 atom stereocenters. The summed E-state index contributed by atoms with van der Waals surface area (Å²) in [5, 5.41) is 0.889. The van der Waals surface area contributed by atoms with E-state index in [1.807, 2.05) is 13.0 Å². The van der Waals surface area contributed by atoms with Crippen molar-refractivity contribution in [2.45, 2.75) is 38.8 Å².